The van der Waals surface area contributed by atoms with Crippen molar-refractivity contribution in [2.45, 2.75) is 18.1 Å². The van der Waals surface area contributed by atoms with Crippen LogP contribution in [-0.2, 0) is 0 Å². The fourth-order valence-electron chi connectivity index (χ4n) is 3.29. The van der Waals surface area contributed by atoms with Crippen molar-refractivity contribution in [1.82, 2.24) is 15.0 Å². The minimum absolute atomic E-state index is 0.248. The highest BCUT2D eigenvalue weighted by atomic mass is 32.1. The number of hydrogen-bond acceptors (Lipinski definition) is 6. The molecule has 0 aliphatic carbocycles. The van der Waals surface area contributed by atoms with Gasteiger partial charge in [-0.1, -0.05) is 42.5 Å². The quantitative estimate of drug-likeness (QED) is 0.484. The summed E-state index contributed by atoms with van der Waals surface area (Å²) in [6, 6.07) is 21.3. The third kappa shape index (κ3) is 4.08. The lowest BCUT2D eigenvalue weighted by atomic mass is 9.84. The molecule has 28 heavy (non-hydrogen) atoms. The highest BCUT2D eigenvalue weighted by Crippen LogP contribution is 2.41. The molecule has 6 heteroatoms. The fourth-order valence-corrected chi connectivity index (χ4v) is 3.87. The monoisotopic (exact) mass is 388 g/mol. The van der Waals surface area contributed by atoms with Gasteiger partial charge in [0.05, 0.1) is 23.2 Å². The van der Waals surface area contributed by atoms with Crippen molar-refractivity contribution in [2.24, 2.45) is 0 Å². The van der Waals surface area contributed by atoms with Crippen LogP contribution in [0.3, 0.4) is 0 Å². The van der Waals surface area contributed by atoms with Crippen LogP contribution in [0.15, 0.2) is 90.0 Å². The third-order valence-corrected chi connectivity index (χ3v) is 5.21. The first-order valence-corrected chi connectivity index (χ1v) is 9.97. The van der Waals surface area contributed by atoms with Gasteiger partial charge in [0.25, 0.3) is 0 Å². The number of aliphatic hydroxyl groups excluding tert-OH is 1. The molecule has 3 atom stereocenters. The molecule has 0 spiro atoms. The van der Waals surface area contributed by atoms with Crippen molar-refractivity contribution in [1.29, 1.82) is 0 Å². The van der Waals surface area contributed by atoms with Crippen molar-refractivity contribution in [3.05, 3.63) is 107 Å². The number of nitrogens with one attached hydrogen (secondary N) is 1. The molecular weight excluding hydrogens is 368 g/mol. The largest absolute Gasteiger partial charge is 0.386 e. The van der Waals surface area contributed by atoms with E-state index in [1.165, 1.54) is 11.3 Å². The van der Waals surface area contributed by atoms with Crippen LogP contribution in [0.1, 0.15) is 35.0 Å². The first-order chi connectivity index (χ1) is 13.8. The van der Waals surface area contributed by atoms with E-state index in [0.29, 0.717) is 5.69 Å². The average molecular weight is 388 g/mol. The predicted octanol–water partition coefficient (Wildman–Crippen LogP) is 4.60. The molecule has 0 saturated heterocycles. The average Bonchev–Trinajstić information content (AvgIpc) is 3.30. The maximum atomic E-state index is 11.3. The maximum absolute atomic E-state index is 11.3. The van der Waals surface area contributed by atoms with E-state index < -0.39 is 6.10 Å². The van der Waals surface area contributed by atoms with Crippen LogP contribution in [0.5, 0.6) is 0 Å². The number of thiazole rings is 1. The summed E-state index contributed by atoms with van der Waals surface area (Å²) in [5, 5.41) is 16.7. The Hall–Kier alpha value is -3.09. The molecule has 0 fully saturated rings. The molecule has 2 N–H and O–H groups in total. The van der Waals surface area contributed by atoms with E-state index in [2.05, 4.69) is 20.3 Å². The molecule has 4 rings (SSSR count). The van der Waals surface area contributed by atoms with E-state index in [9.17, 15) is 5.11 Å². The minimum atomic E-state index is -0.817. The Balaban J connectivity index is 1.80. The Bertz CT molecular complexity index is 965. The number of anilines is 1. The first kappa shape index (κ1) is 18.3. The summed E-state index contributed by atoms with van der Waals surface area (Å²) >= 11 is 1.47. The zero-order valence-corrected chi connectivity index (χ0v) is 15.9. The van der Waals surface area contributed by atoms with Crippen LogP contribution in [0.4, 0.5) is 5.82 Å². The van der Waals surface area contributed by atoms with Gasteiger partial charge in [-0.2, -0.15) is 0 Å². The first-order valence-electron chi connectivity index (χ1n) is 9.02. The number of aromatic nitrogens is 3. The number of nitrogens with zero attached hydrogens (tertiary/aromatic N) is 3. The predicted molar refractivity (Wildman–Crippen MR) is 111 cm³/mol. The number of rotatable bonds is 7. The number of pyridine rings is 2. The Labute approximate surface area is 167 Å². The van der Waals surface area contributed by atoms with Crippen LogP contribution < -0.4 is 5.32 Å². The molecular formula is C22H20N4OS. The van der Waals surface area contributed by atoms with E-state index in [1.807, 2.05) is 72.1 Å². The van der Waals surface area contributed by atoms with Gasteiger partial charge in [0.15, 0.2) is 0 Å². The SMILES string of the molecule is OC(c1cscn1)C(c1ccccn1)C(Nc1ccccn1)c1ccccc1. The summed E-state index contributed by atoms with van der Waals surface area (Å²) in [5.41, 5.74) is 4.21. The molecule has 3 aromatic heterocycles. The lowest BCUT2D eigenvalue weighted by Gasteiger charge is -2.31. The van der Waals surface area contributed by atoms with Crippen LogP contribution in [-0.4, -0.2) is 20.1 Å². The van der Waals surface area contributed by atoms with Gasteiger partial charge in [0.2, 0.25) is 0 Å². The Morgan fingerprint density at radius 1 is 0.786 bits per heavy atom. The highest BCUT2D eigenvalue weighted by molar-refractivity contribution is 7.07. The summed E-state index contributed by atoms with van der Waals surface area (Å²) in [4.78, 5) is 13.3. The summed E-state index contributed by atoms with van der Waals surface area (Å²) in [5.74, 6) is 0.385. The molecule has 3 heterocycles. The van der Waals surface area contributed by atoms with Gasteiger partial charge < -0.3 is 10.4 Å². The molecule has 0 saturated carbocycles. The number of benzene rings is 1. The molecule has 0 radical (unpaired) electrons. The van der Waals surface area contributed by atoms with Crippen LogP contribution >= 0.6 is 11.3 Å². The van der Waals surface area contributed by atoms with Gasteiger partial charge in [-0.3, -0.25) is 4.98 Å². The zero-order chi connectivity index (χ0) is 19.2. The maximum Gasteiger partial charge on any atom is 0.126 e. The molecule has 0 aliphatic heterocycles. The standard InChI is InChI=1S/C22H20N4OS/c27-22(18-14-28-15-25-18)20(17-10-4-6-12-23-17)21(16-8-2-1-3-9-16)26-19-11-5-7-13-24-19/h1-15,20-22,27H,(H,24,26). The Morgan fingerprint density at radius 2 is 1.54 bits per heavy atom. The van der Waals surface area contributed by atoms with Gasteiger partial charge in [0.1, 0.15) is 11.9 Å². The van der Waals surface area contributed by atoms with Crippen molar-refractivity contribution in [2.75, 3.05) is 5.32 Å². The van der Waals surface area contributed by atoms with Crippen molar-refractivity contribution < 1.29 is 5.11 Å². The van der Waals surface area contributed by atoms with Gasteiger partial charge in [-0.15, -0.1) is 11.3 Å². The Morgan fingerprint density at radius 3 is 2.18 bits per heavy atom. The smallest absolute Gasteiger partial charge is 0.126 e. The summed E-state index contributed by atoms with van der Waals surface area (Å²) in [7, 11) is 0. The van der Waals surface area contributed by atoms with E-state index in [1.54, 1.807) is 17.9 Å². The van der Waals surface area contributed by atoms with E-state index in [0.717, 1.165) is 17.1 Å². The highest BCUT2D eigenvalue weighted by Gasteiger charge is 2.34. The minimum Gasteiger partial charge on any atom is -0.386 e. The third-order valence-electron chi connectivity index (χ3n) is 4.61. The van der Waals surface area contributed by atoms with Crippen molar-refractivity contribution in [3.8, 4) is 0 Å². The second-order valence-electron chi connectivity index (χ2n) is 6.39. The molecule has 0 amide bonds. The van der Waals surface area contributed by atoms with E-state index in [4.69, 9.17) is 0 Å². The normalized spacial score (nSPS) is 14.2. The lowest BCUT2D eigenvalue weighted by Crippen LogP contribution is -2.26. The van der Waals surface area contributed by atoms with Crippen LogP contribution in [0, 0.1) is 0 Å². The van der Waals surface area contributed by atoms with Gasteiger partial charge in [-0.05, 0) is 29.8 Å². The second-order valence-corrected chi connectivity index (χ2v) is 7.10. The van der Waals surface area contributed by atoms with E-state index in [-0.39, 0.29) is 12.0 Å². The molecule has 5 nitrogen and oxygen atoms in total. The van der Waals surface area contributed by atoms with E-state index >= 15 is 0 Å². The summed E-state index contributed by atoms with van der Waals surface area (Å²) in [6.45, 7) is 0. The zero-order valence-electron chi connectivity index (χ0n) is 15.1. The fraction of sp³-hybridized carbons (Fsp3) is 0.136. The summed E-state index contributed by atoms with van der Waals surface area (Å²) < 4.78 is 0. The molecule has 0 aliphatic rings. The molecule has 3 unspecified atom stereocenters. The molecule has 1 aromatic carbocycles. The lowest BCUT2D eigenvalue weighted by molar-refractivity contribution is 0.129. The number of hydrogen-bond donors (Lipinski definition) is 2. The molecule has 0 bridgehead atoms. The Kier molecular flexibility index (Phi) is 5.70. The molecule has 140 valence electrons. The van der Waals surface area contributed by atoms with Gasteiger partial charge >= 0.3 is 0 Å². The van der Waals surface area contributed by atoms with Crippen molar-refractivity contribution >= 4 is 17.2 Å². The second kappa shape index (κ2) is 8.73. The van der Waals surface area contributed by atoms with Crippen LogP contribution in [0.2, 0.25) is 0 Å². The van der Waals surface area contributed by atoms with Crippen LogP contribution in [0.25, 0.3) is 0 Å². The topological polar surface area (TPSA) is 70.9 Å². The number of aliphatic hydroxyl groups is 1. The molecule has 4 aromatic rings. The van der Waals surface area contributed by atoms with Gasteiger partial charge in [-0.25, -0.2) is 9.97 Å². The van der Waals surface area contributed by atoms with Gasteiger partial charge in [0, 0.05) is 23.5 Å². The summed E-state index contributed by atoms with van der Waals surface area (Å²) in [6.07, 6.45) is 2.68. The van der Waals surface area contributed by atoms with Crippen molar-refractivity contribution in [3.63, 3.8) is 0 Å².